The lowest BCUT2D eigenvalue weighted by Gasteiger charge is -2.28. The van der Waals surface area contributed by atoms with Crippen molar-refractivity contribution >= 4 is 38.0 Å². The molecule has 4 aromatic rings. The first kappa shape index (κ1) is 21.6. The van der Waals surface area contributed by atoms with Crippen LogP contribution in [-0.4, -0.2) is 47.8 Å². The van der Waals surface area contributed by atoms with Crippen LogP contribution >= 0.6 is 11.6 Å². The van der Waals surface area contributed by atoms with Gasteiger partial charge in [0.25, 0.3) is 5.56 Å². The van der Waals surface area contributed by atoms with Gasteiger partial charge in [-0.05, 0) is 24.3 Å². The second-order valence-electron chi connectivity index (χ2n) is 7.71. The van der Waals surface area contributed by atoms with E-state index in [0.717, 1.165) is 22.5 Å². The molecule has 1 aliphatic rings. The Hall–Kier alpha value is -3.24. The summed E-state index contributed by atoms with van der Waals surface area (Å²) >= 11 is 6.31. The molecule has 0 radical (unpaired) electrons. The second kappa shape index (κ2) is 7.96. The summed E-state index contributed by atoms with van der Waals surface area (Å²) in [4.78, 5) is 17.2. The molecule has 33 heavy (non-hydrogen) atoms. The maximum atomic E-state index is 14.5. The molecular weight excluding hydrogens is 474 g/mol. The molecule has 0 unspecified atom stereocenters. The van der Waals surface area contributed by atoms with E-state index in [1.165, 1.54) is 12.3 Å². The Kier molecular flexibility index (Phi) is 5.21. The smallest absolute Gasteiger partial charge is 0.259 e. The molecule has 2 aromatic heterocycles. The highest BCUT2D eigenvalue weighted by Crippen LogP contribution is 2.33. The van der Waals surface area contributed by atoms with Gasteiger partial charge in [0.1, 0.15) is 16.9 Å². The van der Waals surface area contributed by atoms with Gasteiger partial charge < -0.3 is 9.88 Å². The molecule has 0 amide bonds. The van der Waals surface area contributed by atoms with Crippen LogP contribution in [0.1, 0.15) is 0 Å². The van der Waals surface area contributed by atoms with E-state index in [-0.39, 0.29) is 33.1 Å². The highest BCUT2D eigenvalue weighted by atomic mass is 35.5. The van der Waals surface area contributed by atoms with Crippen LogP contribution in [0.2, 0.25) is 5.02 Å². The number of hydrogen-bond donors (Lipinski definition) is 1. The van der Waals surface area contributed by atoms with Gasteiger partial charge in [0.15, 0.2) is 21.5 Å². The summed E-state index contributed by atoms with van der Waals surface area (Å²) < 4.78 is 53.5. The number of halogens is 3. The minimum atomic E-state index is -3.01. The summed E-state index contributed by atoms with van der Waals surface area (Å²) in [5.74, 6) is -1.52. The van der Waals surface area contributed by atoms with E-state index < -0.39 is 32.7 Å². The number of H-pyrrole nitrogens is 1. The van der Waals surface area contributed by atoms with Crippen molar-refractivity contribution in [3.8, 4) is 16.9 Å². The molecule has 0 saturated carbocycles. The van der Waals surface area contributed by atoms with Crippen molar-refractivity contribution in [2.45, 2.75) is 0 Å². The van der Waals surface area contributed by atoms with Gasteiger partial charge in [-0.2, -0.15) is 5.10 Å². The lowest BCUT2D eigenvalue weighted by atomic mass is 10.1. The number of nitrogens with one attached hydrogen (secondary N) is 1. The highest BCUT2D eigenvalue weighted by Gasteiger charge is 2.24. The summed E-state index contributed by atoms with van der Waals surface area (Å²) in [5.41, 5.74) is 0.722. The molecule has 0 aliphatic carbocycles. The maximum absolute atomic E-state index is 14.5. The first-order valence-electron chi connectivity index (χ1n) is 10.1. The van der Waals surface area contributed by atoms with Gasteiger partial charge in [0, 0.05) is 30.5 Å². The van der Waals surface area contributed by atoms with Crippen molar-refractivity contribution in [2.24, 2.45) is 0 Å². The first-order chi connectivity index (χ1) is 15.7. The highest BCUT2D eigenvalue weighted by molar-refractivity contribution is 7.91. The lowest BCUT2D eigenvalue weighted by molar-refractivity contribution is 0.563. The number of benzene rings is 2. The van der Waals surface area contributed by atoms with Crippen molar-refractivity contribution in [3.63, 3.8) is 0 Å². The number of sulfone groups is 1. The number of nitrogens with zero attached hydrogens (tertiary/aromatic N) is 3. The number of fused-ring (bicyclic) bond motifs is 1. The van der Waals surface area contributed by atoms with Crippen LogP contribution in [0, 0.1) is 11.6 Å². The molecule has 5 rings (SSSR count). The van der Waals surface area contributed by atoms with Crippen LogP contribution in [0.4, 0.5) is 14.5 Å². The zero-order valence-corrected chi connectivity index (χ0v) is 18.6. The molecule has 1 fully saturated rings. The predicted octanol–water partition coefficient (Wildman–Crippen LogP) is 3.55. The molecule has 1 N–H and O–H groups in total. The van der Waals surface area contributed by atoms with Gasteiger partial charge in [-0.3, -0.25) is 4.79 Å². The third-order valence-corrected chi connectivity index (χ3v) is 7.57. The summed E-state index contributed by atoms with van der Waals surface area (Å²) in [6.07, 6.45) is 1.25. The third kappa shape index (κ3) is 3.79. The monoisotopic (exact) mass is 490 g/mol. The normalized spacial score (nSPS) is 15.8. The fraction of sp³-hybridized carbons (Fsp3) is 0.182. The summed E-state index contributed by atoms with van der Waals surface area (Å²) in [6, 6.07) is 10.5. The van der Waals surface area contributed by atoms with Crippen molar-refractivity contribution < 1.29 is 17.2 Å². The Morgan fingerprint density at radius 2 is 1.64 bits per heavy atom. The minimum absolute atomic E-state index is 0.0807. The molecule has 1 saturated heterocycles. The van der Waals surface area contributed by atoms with Crippen molar-refractivity contribution in [3.05, 3.63) is 75.7 Å². The molecule has 1 aliphatic heterocycles. The molecule has 0 spiro atoms. The van der Waals surface area contributed by atoms with Crippen LogP contribution in [0.15, 0.2) is 53.5 Å². The number of anilines is 1. The summed E-state index contributed by atoms with van der Waals surface area (Å²) in [6.45, 7) is 0.780. The van der Waals surface area contributed by atoms with E-state index in [4.69, 9.17) is 11.6 Å². The van der Waals surface area contributed by atoms with E-state index in [1.807, 2.05) is 4.90 Å². The van der Waals surface area contributed by atoms with Gasteiger partial charge in [0.05, 0.1) is 21.9 Å². The van der Waals surface area contributed by atoms with Gasteiger partial charge in [-0.15, -0.1) is 0 Å². The zero-order valence-electron chi connectivity index (χ0n) is 17.1. The van der Waals surface area contributed by atoms with Crippen LogP contribution in [0.3, 0.4) is 0 Å². The van der Waals surface area contributed by atoms with Crippen molar-refractivity contribution in [2.75, 3.05) is 29.5 Å². The van der Waals surface area contributed by atoms with E-state index in [2.05, 4.69) is 10.1 Å². The molecular formula is C22H17ClF2N4O3S. The Morgan fingerprint density at radius 1 is 1.00 bits per heavy atom. The van der Waals surface area contributed by atoms with Crippen LogP contribution < -0.4 is 10.5 Å². The average Bonchev–Trinajstić information content (AvgIpc) is 3.18. The quantitative estimate of drug-likeness (QED) is 0.474. The summed E-state index contributed by atoms with van der Waals surface area (Å²) in [5, 5.41) is 4.55. The van der Waals surface area contributed by atoms with E-state index in [0.29, 0.717) is 18.7 Å². The summed E-state index contributed by atoms with van der Waals surface area (Å²) in [7, 11) is -3.01. The number of pyridine rings is 1. The number of aromatic amines is 1. The number of rotatable bonds is 3. The molecule has 0 bridgehead atoms. The van der Waals surface area contributed by atoms with Crippen molar-refractivity contribution in [1.82, 2.24) is 14.8 Å². The molecule has 11 heteroatoms. The predicted molar refractivity (Wildman–Crippen MR) is 123 cm³/mol. The Labute approximate surface area is 192 Å². The average molecular weight is 491 g/mol. The Balaban J connectivity index is 1.64. The zero-order chi connectivity index (χ0) is 23.3. The second-order valence-corrected chi connectivity index (χ2v) is 10.4. The fourth-order valence-corrected chi connectivity index (χ4v) is 5.41. The molecule has 7 nitrogen and oxygen atoms in total. The molecule has 170 valence electrons. The van der Waals surface area contributed by atoms with Crippen LogP contribution in [0.25, 0.3) is 27.8 Å². The topological polar surface area (TPSA) is 88.1 Å². The van der Waals surface area contributed by atoms with E-state index in [1.54, 1.807) is 24.3 Å². The molecule has 2 aromatic carbocycles. The van der Waals surface area contributed by atoms with E-state index >= 15 is 0 Å². The largest absolute Gasteiger partial charge is 0.369 e. The van der Waals surface area contributed by atoms with Gasteiger partial charge in [0.2, 0.25) is 0 Å². The number of para-hydroxylation sites is 1. The molecule has 3 heterocycles. The standard InChI is InChI=1S/C22H17ClF2N4O3S/c23-15-12-26-22(30)18-19(27-29(20(15)18)21-16(24)2-1-3-17(21)25)13-4-6-14(7-5-13)28-8-10-33(31,32)11-9-28/h1-7,12H,8-11H2,(H,26,30). The van der Waals surface area contributed by atoms with Crippen molar-refractivity contribution in [1.29, 1.82) is 0 Å². The number of hydrogen-bond acceptors (Lipinski definition) is 5. The fourth-order valence-electron chi connectivity index (χ4n) is 3.98. The van der Waals surface area contributed by atoms with Gasteiger partial charge >= 0.3 is 0 Å². The van der Waals surface area contributed by atoms with Crippen LogP contribution in [-0.2, 0) is 9.84 Å². The van der Waals surface area contributed by atoms with E-state index in [9.17, 15) is 22.0 Å². The minimum Gasteiger partial charge on any atom is -0.369 e. The lowest BCUT2D eigenvalue weighted by Crippen LogP contribution is -2.40. The Morgan fingerprint density at radius 3 is 2.27 bits per heavy atom. The van der Waals surface area contributed by atoms with Crippen LogP contribution in [0.5, 0.6) is 0 Å². The van der Waals surface area contributed by atoms with Gasteiger partial charge in [-0.1, -0.05) is 29.8 Å². The molecule has 0 atom stereocenters. The SMILES string of the molecule is O=c1[nH]cc(Cl)c2c1c(-c1ccc(N3CCS(=O)(=O)CC3)cc1)nn2-c1c(F)cccc1F. The maximum Gasteiger partial charge on any atom is 0.259 e. The van der Waals surface area contributed by atoms with Gasteiger partial charge in [-0.25, -0.2) is 21.9 Å². The first-order valence-corrected chi connectivity index (χ1v) is 12.3. The number of aromatic nitrogens is 3. The Bertz CT molecular complexity index is 1510. The third-order valence-electron chi connectivity index (χ3n) is 5.67.